The highest BCUT2D eigenvalue weighted by atomic mass is 32.1. The second kappa shape index (κ2) is 62.1. The van der Waals surface area contributed by atoms with Gasteiger partial charge in [0.2, 0.25) is 46.5 Å². The maximum Gasteiger partial charge on any atom is 0.326 e. The van der Waals surface area contributed by atoms with E-state index in [-0.39, 0.29) is 226 Å². The highest BCUT2D eigenvalue weighted by Gasteiger charge is 2.21. The molecule has 0 bridgehead atoms. The number of ether oxygens (including phenoxy) is 10. The van der Waals surface area contributed by atoms with Gasteiger partial charge in [-0.1, -0.05) is 89.9 Å². The van der Waals surface area contributed by atoms with E-state index < -0.39 is 35.0 Å². The fourth-order valence-electron chi connectivity index (χ4n) is 7.71. The molecule has 9 N–H and O–H groups in total. The van der Waals surface area contributed by atoms with Gasteiger partial charge in [0.1, 0.15) is 39.1 Å². The Morgan fingerprint density at radius 3 is 0.886 bits per heavy atom. The lowest BCUT2D eigenvalue weighted by Gasteiger charge is -2.14. The summed E-state index contributed by atoms with van der Waals surface area (Å²) in [6.07, 6.45) is 18.1. The lowest BCUT2D eigenvalue weighted by molar-refractivity contribution is -0.142. The summed E-state index contributed by atoms with van der Waals surface area (Å²) in [5, 5.41) is 36.0. The van der Waals surface area contributed by atoms with E-state index in [1.54, 1.807) is 0 Å². The number of hydrogen-bond donors (Lipinski definition) is 10. The average Bonchev–Trinajstić information content (AvgIpc) is 3.49. The number of thiol groups is 1. The number of carboxylic acids is 2. The minimum absolute atomic E-state index is 0.0412. The van der Waals surface area contributed by atoms with E-state index in [0.29, 0.717) is 6.42 Å². The van der Waals surface area contributed by atoms with Gasteiger partial charge in [0.15, 0.2) is 0 Å². The predicted molar refractivity (Wildman–Crippen MR) is 324 cm³/mol. The SMILES string of the molecule is C[C@H](NC(=O)COCCOCCNC(=O)COCCOCCNC(=O)COCCOCCNC(=O)COCCOCCNC(=O)COCCOCCNC(=O)CC[C@H](NC(=O)CCCCCCCCCCCCCCCCCCC(=O)O)C(=O)O)C(=O)S. The van der Waals surface area contributed by atoms with Crippen LogP contribution in [0.2, 0.25) is 0 Å². The first kappa shape index (κ1) is 82.8. The lowest BCUT2D eigenvalue weighted by Crippen LogP contribution is -2.41. The zero-order valence-electron chi connectivity index (χ0n) is 52.0. The van der Waals surface area contributed by atoms with E-state index in [1.807, 2.05) is 0 Å². The number of carbonyl (C=O) groups is 10. The molecule has 0 heterocycles. The van der Waals surface area contributed by atoms with Crippen molar-refractivity contribution < 1.29 is 106 Å². The number of nitrogens with one attached hydrogen (secondary N) is 7. The molecule has 0 aliphatic rings. The highest BCUT2D eigenvalue weighted by molar-refractivity contribution is 7.96. The minimum Gasteiger partial charge on any atom is -0.481 e. The van der Waals surface area contributed by atoms with Crippen LogP contribution in [-0.4, -0.2) is 246 Å². The highest BCUT2D eigenvalue weighted by Crippen LogP contribution is 2.15. The minimum atomic E-state index is -1.19. The van der Waals surface area contributed by atoms with Gasteiger partial charge in [-0.25, -0.2) is 4.79 Å². The number of aliphatic carboxylic acids is 2. The second-order valence-corrected chi connectivity index (χ2v) is 20.7. The smallest absolute Gasteiger partial charge is 0.326 e. The monoisotopic (exact) mass is 1280 g/mol. The zero-order chi connectivity index (χ0) is 64.8. The van der Waals surface area contributed by atoms with Gasteiger partial charge in [0.25, 0.3) is 0 Å². The number of amides is 7. The first-order valence-electron chi connectivity index (χ1n) is 31.0. The molecule has 0 aromatic carbocycles. The molecule has 29 nitrogen and oxygen atoms in total. The molecule has 30 heteroatoms. The predicted octanol–water partition coefficient (Wildman–Crippen LogP) is 1.15. The summed E-state index contributed by atoms with van der Waals surface area (Å²) in [4.78, 5) is 117. The molecule has 0 aliphatic heterocycles. The maximum absolute atomic E-state index is 12.4. The first-order chi connectivity index (χ1) is 42.6. The third kappa shape index (κ3) is 61.1. The molecular weight excluding hydrogens is 1180 g/mol. The number of carbonyl (C=O) groups excluding carboxylic acids is 8. The van der Waals surface area contributed by atoms with E-state index in [9.17, 15) is 53.1 Å². The van der Waals surface area contributed by atoms with E-state index in [4.69, 9.17) is 52.5 Å². The average molecular weight is 1280 g/mol. The topological polar surface area (TPSA) is 388 Å². The molecule has 0 aromatic heterocycles. The Bertz CT molecular complexity index is 1860. The summed E-state index contributed by atoms with van der Waals surface area (Å²) in [6, 6.07) is -1.86. The van der Waals surface area contributed by atoms with Crippen molar-refractivity contribution in [2.75, 3.05) is 165 Å². The Labute approximate surface area is 524 Å². The summed E-state index contributed by atoms with van der Waals surface area (Å²) in [6.45, 7) is 4.67. The lowest BCUT2D eigenvalue weighted by atomic mass is 10.0. The fraction of sp³-hybridized carbons (Fsp3) is 0.828. The molecule has 0 aromatic rings. The molecule has 0 spiro atoms. The van der Waals surface area contributed by atoms with Crippen LogP contribution in [0, 0.1) is 0 Å². The van der Waals surface area contributed by atoms with Crippen LogP contribution in [0.4, 0.5) is 0 Å². The van der Waals surface area contributed by atoms with Gasteiger partial charge in [-0.15, -0.1) is 12.6 Å². The van der Waals surface area contributed by atoms with Crippen LogP contribution in [0.1, 0.15) is 135 Å². The number of rotatable bonds is 66. The van der Waals surface area contributed by atoms with Crippen LogP contribution in [0.25, 0.3) is 0 Å². The molecule has 0 saturated heterocycles. The molecular formula is C58H105N7O22S. The second-order valence-electron chi connectivity index (χ2n) is 20.2. The van der Waals surface area contributed by atoms with Crippen molar-refractivity contribution in [1.82, 2.24) is 37.2 Å². The van der Waals surface area contributed by atoms with Gasteiger partial charge < -0.3 is 94.8 Å². The number of hydrogen-bond acceptors (Lipinski definition) is 20. The molecule has 0 saturated carbocycles. The van der Waals surface area contributed by atoms with E-state index in [1.165, 1.54) is 64.7 Å². The van der Waals surface area contributed by atoms with E-state index in [0.717, 1.165) is 38.5 Å². The van der Waals surface area contributed by atoms with E-state index in [2.05, 4.69) is 49.8 Å². The van der Waals surface area contributed by atoms with Crippen LogP contribution >= 0.6 is 12.6 Å². The van der Waals surface area contributed by atoms with Crippen molar-refractivity contribution in [2.24, 2.45) is 0 Å². The molecule has 0 aliphatic carbocycles. The third-order valence-electron chi connectivity index (χ3n) is 12.5. The molecule has 0 rings (SSSR count). The maximum atomic E-state index is 12.4. The van der Waals surface area contributed by atoms with Crippen molar-refractivity contribution in [3.8, 4) is 0 Å². The Morgan fingerprint density at radius 1 is 0.318 bits per heavy atom. The van der Waals surface area contributed by atoms with Crippen molar-refractivity contribution >= 4 is 71.0 Å². The van der Waals surface area contributed by atoms with Gasteiger partial charge in [0.05, 0.1) is 105 Å². The Kier molecular flexibility index (Phi) is 58.4. The molecule has 0 radical (unpaired) electrons. The van der Waals surface area contributed by atoms with Crippen LogP contribution < -0.4 is 37.2 Å². The molecule has 7 amide bonds. The standard InChI is InChI=1S/C58H105N7O22S/c1-47(58(77)88)64-55(72)46-87-41-36-82-31-26-63-54(71)45-86-40-35-81-30-25-62-53(70)44-85-39-34-80-29-24-61-52(69)43-84-38-33-79-28-23-60-51(68)42-83-37-32-78-27-22-59-49(66)21-20-48(57(75)76)65-50(67)18-16-14-12-10-8-6-4-2-3-5-7-9-11-13-15-17-19-56(73)74/h47-48H,2-46H2,1H3,(H,59,66)(H,60,68)(H,61,69)(H,62,70)(H,63,71)(H,64,72)(H,65,67)(H,73,74)(H,75,76)(H,77,88)/t47-,48-/m0/s1. The summed E-state index contributed by atoms with van der Waals surface area (Å²) < 4.78 is 53.2. The van der Waals surface area contributed by atoms with Crippen LogP contribution in [0.5, 0.6) is 0 Å². The van der Waals surface area contributed by atoms with Crippen molar-refractivity contribution in [2.45, 2.75) is 147 Å². The normalized spacial score (nSPS) is 11.8. The first-order valence-corrected chi connectivity index (χ1v) is 31.4. The zero-order valence-corrected chi connectivity index (χ0v) is 52.9. The van der Waals surface area contributed by atoms with Crippen molar-refractivity contribution in [1.29, 1.82) is 0 Å². The fourth-order valence-corrected chi connectivity index (χ4v) is 7.77. The summed E-state index contributed by atoms with van der Waals surface area (Å²) >= 11 is 3.64. The van der Waals surface area contributed by atoms with Crippen LogP contribution in [0.3, 0.4) is 0 Å². The van der Waals surface area contributed by atoms with Gasteiger partial charge in [0, 0.05) is 52.0 Å². The van der Waals surface area contributed by atoms with Crippen LogP contribution in [0.15, 0.2) is 0 Å². The van der Waals surface area contributed by atoms with Crippen LogP contribution in [-0.2, 0) is 95.3 Å². The molecule has 0 unspecified atom stereocenters. The molecule has 0 fully saturated rings. The van der Waals surface area contributed by atoms with Crippen molar-refractivity contribution in [3.05, 3.63) is 0 Å². The summed E-state index contributed by atoms with van der Waals surface area (Å²) in [5.41, 5.74) is 0. The Morgan fingerprint density at radius 2 is 0.591 bits per heavy atom. The number of unbranched alkanes of at least 4 members (excludes halogenated alkanes) is 15. The van der Waals surface area contributed by atoms with Crippen molar-refractivity contribution in [3.63, 3.8) is 0 Å². The Hall–Kier alpha value is -5.15. The van der Waals surface area contributed by atoms with E-state index >= 15 is 0 Å². The molecule has 510 valence electrons. The quantitative estimate of drug-likeness (QED) is 0.0302. The largest absolute Gasteiger partial charge is 0.481 e. The summed E-state index contributed by atoms with van der Waals surface area (Å²) in [5.74, 6) is -4.41. The van der Waals surface area contributed by atoms with Gasteiger partial charge in [-0.05, 0) is 26.2 Å². The Balaban J connectivity index is 3.56. The number of carboxylic acid groups (broad SMARTS) is 2. The van der Waals surface area contributed by atoms with Gasteiger partial charge >= 0.3 is 11.9 Å². The third-order valence-corrected chi connectivity index (χ3v) is 12.8. The molecule has 88 heavy (non-hydrogen) atoms. The van der Waals surface area contributed by atoms with Gasteiger partial charge in [-0.2, -0.15) is 0 Å². The molecule has 2 atom stereocenters. The summed E-state index contributed by atoms with van der Waals surface area (Å²) in [7, 11) is 0. The van der Waals surface area contributed by atoms with Gasteiger partial charge in [-0.3, -0.25) is 43.2 Å².